The summed E-state index contributed by atoms with van der Waals surface area (Å²) in [6.07, 6.45) is 5.40. The zero-order valence-electron chi connectivity index (χ0n) is 11.7. The molecule has 4 nitrogen and oxygen atoms in total. The Kier molecular flexibility index (Phi) is 5.01. The van der Waals surface area contributed by atoms with Gasteiger partial charge in [-0.25, -0.2) is 0 Å². The van der Waals surface area contributed by atoms with Crippen molar-refractivity contribution in [3.8, 4) is 0 Å². The van der Waals surface area contributed by atoms with Gasteiger partial charge in [0.15, 0.2) is 0 Å². The molecule has 0 bridgehead atoms. The van der Waals surface area contributed by atoms with Crippen LogP contribution in [0.15, 0.2) is 0 Å². The van der Waals surface area contributed by atoms with Gasteiger partial charge in [0.2, 0.25) is 5.91 Å². The van der Waals surface area contributed by atoms with E-state index in [0.29, 0.717) is 31.7 Å². The molecule has 0 aromatic heterocycles. The number of likely N-dealkylation sites (tertiary alicyclic amines) is 2. The Morgan fingerprint density at radius 3 is 2.61 bits per heavy atom. The Labute approximate surface area is 110 Å². The van der Waals surface area contributed by atoms with E-state index in [4.69, 9.17) is 4.74 Å². The molecule has 0 unspecified atom stereocenters. The SMILES string of the molecule is CCOCCC(=O)N1CCC[C@H]1[C@H]1CCCN1C. The third-order valence-corrected chi connectivity index (χ3v) is 4.30. The lowest BCUT2D eigenvalue weighted by Gasteiger charge is -2.33. The lowest BCUT2D eigenvalue weighted by molar-refractivity contribution is -0.134. The monoisotopic (exact) mass is 254 g/mol. The van der Waals surface area contributed by atoms with Crippen molar-refractivity contribution in [3.63, 3.8) is 0 Å². The van der Waals surface area contributed by atoms with E-state index in [-0.39, 0.29) is 5.91 Å². The van der Waals surface area contributed by atoms with Crippen molar-refractivity contribution in [1.29, 1.82) is 0 Å². The van der Waals surface area contributed by atoms with Gasteiger partial charge in [-0.15, -0.1) is 0 Å². The van der Waals surface area contributed by atoms with Crippen LogP contribution in [0.2, 0.25) is 0 Å². The van der Waals surface area contributed by atoms with Crippen molar-refractivity contribution >= 4 is 5.91 Å². The van der Waals surface area contributed by atoms with Crippen LogP contribution in [0.1, 0.15) is 39.0 Å². The summed E-state index contributed by atoms with van der Waals surface area (Å²) < 4.78 is 5.29. The standard InChI is InChI=1S/C14H26N2O2/c1-3-18-11-8-14(17)16-10-5-7-13(16)12-6-4-9-15(12)2/h12-13H,3-11H2,1-2H3/t12-,13+/m1/s1. The zero-order chi connectivity index (χ0) is 13.0. The van der Waals surface area contributed by atoms with Crippen LogP contribution in [0, 0.1) is 0 Å². The molecule has 2 heterocycles. The predicted molar refractivity (Wildman–Crippen MR) is 71.5 cm³/mol. The molecular formula is C14H26N2O2. The Balaban J connectivity index is 1.88. The molecule has 0 radical (unpaired) electrons. The maximum atomic E-state index is 12.2. The van der Waals surface area contributed by atoms with Crippen molar-refractivity contribution in [3.05, 3.63) is 0 Å². The van der Waals surface area contributed by atoms with E-state index in [1.165, 1.54) is 25.8 Å². The molecule has 0 spiro atoms. The highest BCUT2D eigenvalue weighted by Crippen LogP contribution is 2.29. The van der Waals surface area contributed by atoms with E-state index >= 15 is 0 Å². The fourth-order valence-electron chi connectivity index (χ4n) is 3.37. The summed E-state index contributed by atoms with van der Waals surface area (Å²) in [5.41, 5.74) is 0. The zero-order valence-corrected chi connectivity index (χ0v) is 11.7. The van der Waals surface area contributed by atoms with Crippen molar-refractivity contribution in [2.45, 2.75) is 51.1 Å². The molecule has 2 aliphatic rings. The number of ether oxygens (including phenoxy) is 1. The number of likely N-dealkylation sites (N-methyl/N-ethyl adjacent to an activating group) is 1. The van der Waals surface area contributed by atoms with Gasteiger partial charge in [-0.2, -0.15) is 0 Å². The van der Waals surface area contributed by atoms with E-state index in [0.717, 1.165) is 13.0 Å². The van der Waals surface area contributed by atoms with E-state index in [9.17, 15) is 4.79 Å². The minimum atomic E-state index is 0.284. The molecule has 18 heavy (non-hydrogen) atoms. The topological polar surface area (TPSA) is 32.8 Å². The summed E-state index contributed by atoms with van der Waals surface area (Å²) in [5.74, 6) is 0.284. The average Bonchev–Trinajstić information content (AvgIpc) is 2.97. The number of rotatable bonds is 5. The summed E-state index contributed by atoms with van der Waals surface area (Å²) in [5, 5.41) is 0. The maximum absolute atomic E-state index is 12.2. The highest BCUT2D eigenvalue weighted by molar-refractivity contribution is 5.77. The van der Waals surface area contributed by atoms with Crippen LogP contribution in [0.5, 0.6) is 0 Å². The third-order valence-electron chi connectivity index (χ3n) is 4.30. The number of carbonyl (C=O) groups excluding carboxylic acids is 1. The summed E-state index contributed by atoms with van der Waals surface area (Å²) >= 11 is 0. The molecule has 1 amide bonds. The minimum absolute atomic E-state index is 0.284. The highest BCUT2D eigenvalue weighted by atomic mass is 16.5. The Morgan fingerprint density at radius 2 is 1.94 bits per heavy atom. The van der Waals surface area contributed by atoms with Crippen LogP contribution in [0.3, 0.4) is 0 Å². The normalized spacial score (nSPS) is 29.1. The van der Waals surface area contributed by atoms with Crippen LogP contribution >= 0.6 is 0 Å². The lowest BCUT2D eigenvalue weighted by Crippen LogP contribution is -2.47. The van der Waals surface area contributed by atoms with Crippen molar-refractivity contribution in [2.24, 2.45) is 0 Å². The molecule has 0 aromatic rings. The minimum Gasteiger partial charge on any atom is -0.381 e. The van der Waals surface area contributed by atoms with Gasteiger partial charge in [-0.3, -0.25) is 4.79 Å². The predicted octanol–water partition coefficient (Wildman–Crippen LogP) is 1.50. The maximum Gasteiger partial charge on any atom is 0.225 e. The first kappa shape index (κ1) is 13.8. The van der Waals surface area contributed by atoms with E-state index in [1.807, 2.05) is 6.92 Å². The first-order valence-corrected chi connectivity index (χ1v) is 7.31. The fourth-order valence-corrected chi connectivity index (χ4v) is 3.37. The molecule has 2 saturated heterocycles. The van der Waals surface area contributed by atoms with Gasteiger partial charge in [0.1, 0.15) is 0 Å². The van der Waals surface area contributed by atoms with Crippen LogP contribution in [0.4, 0.5) is 0 Å². The van der Waals surface area contributed by atoms with Crippen molar-refractivity contribution in [2.75, 3.05) is 33.4 Å². The van der Waals surface area contributed by atoms with Gasteiger partial charge in [0, 0.05) is 25.2 Å². The number of nitrogens with zero attached hydrogens (tertiary/aromatic N) is 2. The highest BCUT2D eigenvalue weighted by Gasteiger charge is 2.37. The first-order chi connectivity index (χ1) is 8.74. The molecular weight excluding hydrogens is 228 g/mol. The molecule has 0 aromatic carbocycles. The number of carbonyl (C=O) groups is 1. The number of hydrogen-bond donors (Lipinski definition) is 0. The second kappa shape index (κ2) is 6.53. The van der Waals surface area contributed by atoms with E-state index < -0.39 is 0 Å². The van der Waals surface area contributed by atoms with Gasteiger partial charge in [-0.05, 0) is 46.2 Å². The smallest absolute Gasteiger partial charge is 0.225 e. The van der Waals surface area contributed by atoms with E-state index in [1.54, 1.807) is 0 Å². The summed E-state index contributed by atoms with van der Waals surface area (Å²) in [6.45, 7) is 5.36. The van der Waals surface area contributed by atoms with Gasteiger partial charge in [-0.1, -0.05) is 0 Å². The molecule has 104 valence electrons. The van der Waals surface area contributed by atoms with E-state index in [2.05, 4.69) is 16.8 Å². The first-order valence-electron chi connectivity index (χ1n) is 7.31. The summed E-state index contributed by atoms with van der Waals surface area (Å²) in [7, 11) is 2.19. The van der Waals surface area contributed by atoms with Crippen LogP contribution in [-0.2, 0) is 9.53 Å². The molecule has 2 atom stereocenters. The Bertz CT molecular complexity index is 283. The van der Waals surface area contributed by atoms with Crippen molar-refractivity contribution in [1.82, 2.24) is 9.80 Å². The van der Waals surface area contributed by atoms with Gasteiger partial charge in [0.25, 0.3) is 0 Å². The molecule has 2 aliphatic heterocycles. The third kappa shape index (κ3) is 3.04. The molecule has 0 aliphatic carbocycles. The van der Waals surface area contributed by atoms with Crippen LogP contribution in [-0.4, -0.2) is 61.1 Å². The molecule has 0 saturated carbocycles. The average molecular weight is 254 g/mol. The largest absolute Gasteiger partial charge is 0.381 e. The Morgan fingerprint density at radius 1 is 1.22 bits per heavy atom. The van der Waals surface area contributed by atoms with Gasteiger partial charge < -0.3 is 14.5 Å². The quantitative estimate of drug-likeness (QED) is 0.697. The Hall–Kier alpha value is -0.610. The number of amides is 1. The second-order valence-electron chi connectivity index (χ2n) is 5.43. The molecule has 2 fully saturated rings. The summed E-state index contributed by atoms with van der Waals surface area (Å²) in [6, 6.07) is 1.04. The fraction of sp³-hybridized carbons (Fsp3) is 0.929. The summed E-state index contributed by atoms with van der Waals surface area (Å²) in [4.78, 5) is 16.8. The molecule has 4 heteroatoms. The van der Waals surface area contributed by atoms with Gasteiger partial charge in [0.05, 0.1) is 13.0 Å². The molecule has 0 N–H and O–H groups in total. The van der Waals surface area contributed by atoms with Crippen LogP contribution < -0.4 is 0 Å². The lowest BCUT2D eigenvalue weighted by atomic mass is 10.0. The molecule has 2 rings (SSSR count). The second-order valence-corrected chi connectivity index (χ2v) is 5.43. The van der Waals surface area contributed by atoms with Gasteiger partial charge >= 0.3 is 0 Å². The number of hydrogen-bond acceptors (Lipinski definition) is 3. The van der Waals surface area contributed by atoms with Crippen LogP contribution in [0.25, 0.3) is 0 Å². The van der Waals surface area contributed by atoms with Crippen molar-refractivity contribution < 1.29 is 9.53 Å².